The van der Waals surface area contributed by atoms with E-state index in [1.807, 2.05) is 0 Å². The van der Waals surface area contributed by atoms with Crippen molar-refractivity contribution >= 4 is 11.3 Å². The third-order valence-electron chi connectivity index (χ3n) is 3.08. The summed E-state index contributed by atoms with van der Waals surface area (Å²) in [5.41, 5.74) is 8.18. The van der Waals surface area contributed by atoms with Crippen LogP contribution in [0.1, 0.15) is 29.5 Å². The molecule has 0 saturated carbocycles. The Hall–Kier alpha value is -1.26. The van der Waals surface area contributed by atoms with E-state index in [2.05, 4.69) is 4.98 Å². The monoisotopic (exact) mass is 248 g/mol. The van der Waals surface area contributed by atoms with Crippen LogP contribution in [0.15, 0.2) is 24.3 Å². The molecule has 0 aliphatic heterocycles. The number of aryl methyl sites for hydroxylation is 1. The van der Waals surface area contributed by atoms with E-state index in [9.17, 15) is 4.39 Å². The van der Waals surface area contributed by atoms with Crippen LogP contribution >= 0.6 is 11.3 Å². The first kappa shape index (κ1) is 10.9. The highest BCUT2D eigenvalue weighted by Crippen LogP contribution is 2.36. The van der Waals surface area contributed by atoms with Gasteiger partial charge < -0.3 is 5.73 Å². The second kappa shape index (κ2) is 4.20. The molecule has 1 atom stereocenters. The second-order valence-corrected chi connectivity index (χ2v) is 5.37. The lowest BCUT2D eigenvalue weighted by Crippen LogP contribution is -2.15. The molecule has 0 fully saturated rings. The van der Waals surface area contributed by atoms with Gasteiger partial charge in [-0.2, -0.15) is 0 Å². The van der Waals surface area contributed by atoms with Gasteiger partial charge in [-0.25, -0.2) is 9.37 Å². The van der Waals surface area contributed by atoms with Gasteiger partial charge in [-0.15, -0.1) is 11.3 Å². The molecule has 0 radical (unpaired) electrons. The smallest absolute Gasteiger partial charge is 0.123 e. The lowest BCUT2D eigenvalue weighted by molar-refractivity contribution is 0.573. The number of nitrogens with two attached hydrogens (primary N) is 1. The average Bonchev–Trinajstić information content (AvgIpc) is 2.75. The first-order valence-electron chi connectivity index (χ1n) is 5.75. The SMILES string of the molecule is N[C@@H]1CCCc2nc(-c3ccc(F)cc3)sc21. The zero-order valence-electron chi connectivity index (χ0n) is 9.32. The number of benzene rings is 1. The van der Waals surface area contributed by atoms with E-state index in [0.717, 1.165) is 35.5 Å². The number of hydrogen-bond acceptors (Lipinski definition) is 3. The average molecular weight is 248 g/mol. The topological polar surface area (TPSA) is 38.9 Å². The van der Waals surface area contributed by atoms with Crippen LogP contribution in [0.5, 0.6) is 0 Å². The lowest BCUT2D eigenvalue weighted by Gasteiger charge is -2.15. The van der Waals surface area contributed by atoms with Gasteiger partial charge in [-0.1, -0.05) is 0 Å². The molecule has 1 aromatic carbocycles. The summed E-state index contributed by atoms with van der Waals surface area (Å²) in [6, 6.07) is 6.60. The minimum Gasteiger partial charge on any atom is -0.323 e. The molecule has 2 N–H and O–H groups in total. The predicted molar refractivity (Wildman–Crippen MR) is 67.4 cm³/mol. The highest BCUT2D eigenvalue weighted by Gasteiger charge is 2.21. The van der Waals surface area contributed by atoms with Crippen LogP contribution in [0.4, 0.5) is 4.39 Å². The molecule has 1 aromatic heterocycles. The van der Waals surface area contributed by atoms with E-state index >= 15 is 0 Å². The summed E-state index contributed by atoms with van der Waals surface area (Å²) >= 11 is 1.64. The molecule has 88 valence electrons. The van der Waals surface area contributed by atoms with Crippen LogP contribution < -0.4 is 5.73 Å². The van der Waals surface area contributed by atoms with E-state index in [1.165, 1.54) is 17.0 Å². The predicted octanol–water partition coefficient (Wildman–Crippen LogP) is 3.29. The van der Waals surface area contributed by atoms with Gasteiger partial charge in [0.1, 0.15) is 10.8 Å². The molecule has 2 nitrogen and oxygen atoms in total. The Balaban J connectivity index is 2.02. The maximum Gasteiger partial charge on any atom is 0.123 e. The molecular weight excluding hydrogens is 235 g/mol. The minimum atomic E-state index is -0.216. The number of thiazole rings is 1. The van der Waals surface area contributed by atoms with E-state index in [4.69, 9.17) is 5.73 Å². The van der Waals surface area contributed by atoms with Crippen LogP contribution in [-0.4, -0.2) is 4.98 Å². The Morgan fingerprint density at radius 3 is 2.76 bits per heavy atom. The summed E-state index contributed by atoms with van der Waals surface area (Å²) in [5.74, 6) is -0.216. The summed E-state index contributed by atoms with van der Waals surface area (Å²) in [4.78, 5) is 5.82. The maximum absolute atomic E-state index is 12.9. The summed E-state index contributed by atoms with van der Waals surface area (Å²) in [5, 5.41) is 0.951. The third kappa shape index (κ3) is 1.98. The van der Waals surface area contributed by atoms with Crippen molar-refractivity contribution in [2.24, 2.45) is 5.73 Å². The number of nitrogens with zero attached hydrogens (tertiary/aromatic N) is 1. The number of rotatable bonds is 1. The molecule has 1 aliphatic carbocycles. The number of halogens is 1. The number of hydrogen-bond donors (Lipinski definition) is 1. The lowest BCUT2D eigenvalue weighted by atomic mass is 9.99. The maximum atomic E-state index is 12.9. The highest BCUT2D eigenvalue weighted by molar-refractivity contribution is 7.15. The van der Waals surface area contributed by atoms with Gasteiger partial charge in [0.25, 0.3) is 0 Å². The Labute approximate surface area is 103 Å². The van der Waals surface area contributed by atoms with E-state index in [-0.39, 0.29) is 11.9 Å². The van der Waals surface area contributed by atoms with Gasteiger partial charge in [0, 0.05) is 16.5 Å². The summed E-state index contributed by atoms with van der Waals surface area (Å²) in [6.07, 6.45) is 3.17. The Morgan fingerprint density at radius 2 is 2.06 bits per heavy atom. The zero-order valence-corrected chi connectivity index (χ0v) is 10.1. The van der Waals surface area contributed by atoms with Crippen molar-refractivity contribution in [3.05, 3.63) is 40.7 Å². The van der Waals surface area contributed by atoms with Crippen molar-refractivity contribution in [2.45, 2.75) is 25.3 Å². The van der Waals surface area contributed by atoms with Gasteiger partial charge in [-0.05, 0) is 43.5 Å². The van der Waals surface area contributed by atoms with Crippen molar-refractivity contribution < 1.29 is 4.39 Å². The van der Waals surface area contributed by atoms with Crippen LogP contribution in [0.2, 0.25) is 0 Å². The van der Waals surface area contributed by atoms with Crippen molar-refractivity contribution in [1.82, 2.24) is 4.98 Å². The van der Waals surface area contributed by atoms with Crippen molar-refractivity contribution in [2.75, 3.05) is 0 Å². The first-order chi connectivity index (χ1) is 8.24. The van der Waals surface area contributed by atoms with Gasteiger partial charge >= 0.3 is 0 Å². The van der Waals surface area contributed by atoms with Crippen LogP contribution in [-0.2, 0) is 6.42 Å². The molecule has 2 aromatic rings. The van der Waals surface area contributed by atoms with Crippen LogP contribution in [0, 0.1) is 5.82 Å². The highest BCUT2D eigenvalue weighted by atomic mass is 32.1. The second-order valence-electron chi connectivity index (χ2n) is 4.34. The van der Waals surface area contributed by atoms with Gasteiger partial charge in [-0.3, -0.25) is 0 Å². The van der Waals surface area contributed by atoms with Gasteiger partial charge in [0.2, 0.25) is 0 Å². The summed E-state index contributed by atoms with van der Waals surface area (Å²) in [6.45, 7) is 0. The summed E-state index contributed by atoms with van der Waals surface area (Å²) < 4.78 is 12.9. The minimum absolute atomic E-state index is 0.130. The number of aromatic nitrogens is 1. The normalized spacial score (nSPS) is 19.1. The molecule has 4 heteroatoms. The molecule has 0 amide bonds. The largest absolute Gasteiger partial charge is 0.323 e. The fourth-order valence-corrected chi connectivity index (χ4v) is 3.32. The molecule has 1 aliphatic rings. The fourth-order valence-electron chi connectivity index (χ4n) is 2.17. The molecule has 0 unspecified atom stereocenters. The van der Waals surface area contributed by atoms with Crippen molar-refractivity contribution in [1.29, 1.82) is 0 Å². The Bertz CT molecular complexity index is 533. The van der Waals surface area contributed by atoms with Crippen LogP contribution in [0.3, 0.4) is 0 Å². The van der Waals surface area contributed by atoms with E-state index < -0.39 is 0 Å². The molecule has 3 rings (SSSR count). The Morgan fingerprint density at radius 1 is 1.29 bits per heavy atom. The molecule has 0 spiro atoms. The quantitative estimate of drug-likeness (QED) is 0.841. The summed E-state index contributed by atoms with van der Waals surface area (Å²) in [7, 11) is 0. The fraction of sp³-hybridized carbons (Fsp3) is 0.308. The standard InChI is InChI=1S/C13H13FN2S/c14-9-6-4-8(5-7-9)13-16-11-3-1-2-10(15)12(11)17-13/h4-7,10H,1-3,15H2/t10-/m1/s1. The van der Waals surface area contributed by atoms with Gasteiger partial charge in [0.05, 0.1) is 5.69 Å². The van der Waals surface area contributed by atoms with Gasteiger partial charge in [0.15, 0.2) is 0 Å². The molecule has 0 saturated heterocycles. The molecule has 0 bridgehead atoms. The molecular formula is C13H13FN2S. The Kier molecular flexibility index (Phi) is 2.68. The zero-order chi connectivity index (χ0) is 11.8. The van der Waals surface area contributed by atoms with Crippen molar-refractivity contribution in [3.8, 4) is 10.6 Å². The van der Waals surface area contributed by atoms with Crippen molar-refractivity contribution in [3.63, 3.8) is 0 Å². The molecule has 1 heterocycles. The molecule has 17 heavy (non-hydrogen) atoms. The van der Waals surface area contributed by atoms with Crippen LogP contribution in [0.25, 0.3) is 10.6 Å². The first-order valence-corrected chi connectivity index (χ1v) is 6.57. The van der Waals surface area contributed by atoms with E-state index in [0.29, 0.717) is 0 Å². The number of fused-ring (bicyclic) bond motifs is 1. The van der Waals surface area contributed by atoms with E-state index in [1.54, 1.807) is 23.5 Å². The third-order valence-corrected chi connectivity index (χ3v) is 4.36.